The van der Waals surface area contributed by atoms with E-state index in [1.807, 2.05) is 0 Å². The fourth-order valence-electron chi connectivity index (χ4n) is 2.34. The van der Waals surface area contributed by atoms with Crippen molar-refractivity contribution in [3.63, 3.8) is 0 Å². The maximum atomic E-state index is 13.8. The molecule has 0 N–H and O–H groups in total. The number of likely N-dealkylation sites (N-methyl/N-ethyl adjacent to an activating group) is 1. The highest BCUT2D eigenvalue weighted by molar-refractivity contribution is 5.84. The maximum absolute atomic E-state index is 13.8. The van der Waals surface area contributed by atoms with Crippen molar-refractivity contribution in [3.05, 3.63) is 0 Å². The summed E-state index contributed by atoms with van der Waals surface area (Å²) in [5, 5.41) is 0. The normalized spacial score (nSPS) is 17.9. The number of amides is 1. The van der Waals surface area contributed by atoms with Crippen LogP contribution in [0.2, 0.25) is 0 Å². The predicted octanol–water partition coefficient (Wildman–Crippen LogP) is 2.97. The molecule has 1 rings (SSSR count). The summed E-state index contributed by atoms with van der Waals surface area (Å²) in [5.41, 5.74) is 0. The number of rotatable bonds is 9. The second kappa shape index (κ2) is 8.59. The lowest BCUT2D eigenvalue weighted by Crippen LogP contribution is -2.66. The van der Waals surface area contributed by atoms with Gasteiger partial charge in [-0.1, -0.05) is 0 Å². The number of hydrogen-bond donors (Lipinski definition) is 0. The molecule has 0 aromatic rings. The molecule has 14 heteroatoms. The van der Waals surface area contributed by atoms with Gasteiger partial charge in [0.05, 0.1) is 19.6 Å². The van der Waals surface area contributed by atoms with E-state index in [0.29, 0.717) is 20.1 Å². The zero-order valence-electron chi connectivity index (χ0n) is 14.5. The third kappa shape index (κ3) is 4.81. The summed E-state index contributed by atoms with van der Waals surface area (Å²) in [6.07, 6.45) is -7.25. The number of morpholine rings is 1. The van der Waals surface area contributed by atoms with Crippen LogP contribution in [0.5, 0.6) is 0 Å². The Kier molecular flexibility index (Phi) is 7.59. The average molecular weight is 436 g/mol. The van der Waals surface area contributed by atoms with Crippen molar-refractivity contribution in [2.45, 2.75) is 36.5 Å². The molecular formula is C14H18F10N2O2. The van der Waals surface area contributed by atoms with Crippen molar-refractivity contribution in [1.82, 2.24) is 9.80 Å². The van der Waals surface area contributed by atoms with E-state index in [0.717, 1.165) is 0 Å². The third-order valence-corrected chi connectivity index (χ3v) is 4.13. The highest BCUT2D eigenvalue weighted by Gasteiger charge is 2.82. The number of hydrogen-bond acceptors (Lipinski definition) is 3. The van der Waals surface area contributed by atoms with Gasteiger partial charge in [-0.3, -0.25) is 9.69 Å². The van der Waals surface area contributed by atoms with Gasteiger partial charge in [0, 0.05) is 33.2 Å². The Balaban J connectivity index is 2.94. The molecule has 1 aliphatic rings. The topological polar surface area (TPSA) is 32.8 Å². The van der Waals surface area contributed by atoms with Crippen molar-refractivity contribution in [2.24, 2.45) is 0 Å². The molecule has 4 nitrogen and oxygen atoms in total. The molecule has 0 saturated carbocycles. The van der Waals surface area contributed by atoms with Gasteiger partial charge >= 0.3 is 23.7 Å². The summed E-state index contributed by atoms with van der Waals surface area (Å²) in [7, 11) is 0.599. The van der Waals surface area contributed by atoms with Crippen LogP contribution < -0.4 is 0 Å². The molecule has 0 bridgehead atoms. The average Bonchev–Trinajstić information content (AvgIpc) is 2.58. The summed E-state index contributed by atoms with van der Waals surface area (Å²) < 4.78 is 137. The van der Waals surface area contributed by atoms with Crippen LogP contribution >= 0.6 is 0 Å². The molecule has 1 heterocycles. The number of alkyl halides is 10. The third-order valence-electron chi connectivity index (χ3n) is 4.13. The minimum absolute atomic E-state index is 0.00922. The van der Waals surface area contributed by atoms with Gasteiger partial charge in [-0.15, -0.1) is 0 Å². The number of carbonyl (C=O) groups excluding carboxylic acids is 1. The molecule has 0 aromatic heterocycles. The van der Waals surface area contributed by atoms with Crippen molar-refractivity contribution < 1.29 is 53.4 Å². The van der Waals surface area contributed by atoms with Crippen LogP contribution in [0.3, 0.4) is 0 Å². The Morgan fingerprint density at radius 2 is 1.50 bits per heavy atom. The zero-order valence-corrected chi connectivity index (χ0v) is 14.5. The molecule has 166 valence electrons. The Hall–Kier alpha value is -1.31. The summed E-state index contributed by atoms with van der Waals surface area (Å²) in [6, 6.07) is 0. The first kappa shape index (κ1) is 24.7. The molecule has 1 aliphatic heterocycles. The quantitative estimate of drug-likeness (QED) is 0.522. The molecule has 0 aromatic carbocycles. The molecule has 28 heavy (non-hydrogen) atoms. The smallest absolute Gasteiger partial charge is 0.379 e. The summed E-state index contributed by atoms with van der Waals surface area (Å²) in [6.45, 7) is 0.572. The molecule has 0 aliphatic carbocycles. The highest BCUT2D eigenvalue weighted by Crippen LogP contribution is 2.54. The van der Waals surface area contributed by atoms with Crippen molar-refractivity contribution in [3.8, 4) is 0 Å². The second-order valence-corrected chi connectivity index (χ2v) is 6.20. The van der Waals surface area contributed by atoms with Gasteiger partial charge in [0.2, 0.25) is 6.43 Å². The van der Waals surface area contributed by atoms with E-state index >= 15 is 0 Å². The van der Waals surface area contributed by atoms with E-state index in [1.165, 1.54) is 0 Å². The van der Waals surface area contributed by atoms with Crippen LogP contribution in [-0.4, -0.2) is 92.3 Å². The van der Waals surface area contributed by atoms with Crippen molar-refractivity contribution in [2.75, 3.05) is 46.4 Å². The molecule has 0 atom stereocenters. The van der Waals surface area contributed by atoms with E-state index in [9.17, 15) is 48.7 Å². The Bertz CT molecular complexity index is 538. The second-order valence-electron chi connectivity index (χ2n) is 6.20. The molecule has 0 unspecified atom stereocenters. The Labute approximate surface area is 153 Å². The lowest BCUT2D eigenvalue weighted by atomic mass is 9.96. The van der Waals surface area contributed by atoms with E-state index in [-0.39, 0.29) is 24.7 Å². The van der Waals surface area contributed by atoms with Gasteiger partial charge < -0.3 is 9.64 Å². The van der Waals surface area contributed by atoms with Crippen molar-refractivity contribution in [1.29, 1.82) is 0 Å². The minimum Gasteiger partial charge on any atom is -0.379 e. The van der Waals surface area contributed by atoms with Crippen LogP contribution in [0.25, 0.3) is 0 Å². The lowest BCUT2D eigenvalue weighted by molar-refractivity contribution is -0.362. The van der Waals surface area contributed by atoms with Gasteiger partial charge in [-0.2, -0.15) is 35.1 Å². The van der Waals surface area contributed by atoms with Gasteiger partial charge in [0.15, 0.2) is 0 Å². The van der Waals surface area contributed by atoms with Gasteiger partial charge in [-0.05, 0) is 0 Å². The monoisotopic (exact) mass is 436 g/mol. The summed E-state index contributed by atoms with van der Waals surface area (Å²) in [5.74, 6) is -29.1. The van der Waals surface area contributed by atoms with Gasteiger partial charge in [0.25, 0.3) is 5.91 Å². The minimum atomic E-state index is -6.91. The summed E-state index contributed by atoms with van der Waals surface area (Å²) in [4.78, 5) is 13.2. The van der Waals surface area contributed by atoms with Crippen LogP contribution in [-0.2, 0) is 9.53 Å². The highest BCUT2D eigenvalue weighted by atomic mass is 19.4. The van der Waals surface area contributed by atoms with E-state index in [2.05, 4.69) is 0 Å². The van der Waals surface area contributed by atoms with E-state index in [4.69, 9.17) is 4.74 Å². The van der Waals surface area contributed by atoms with Crippen molar-refractivity contribution >= 4 is 5.91 Å². The summed E-state index contributed by atoms with van der Waals surface area (Å²) >= 11 is 0. The fraction of sp³-hybridized carbons (Fsp3) is 0.929. The van der Waals surface area contributed by atoms with Gasteiger partial charge in [-0.25, -0.2) is 8.78 Å². The first-order chi connectivity index (χ1) is 12.6. The standard InChI is InChI=1S/C14H18F10N2O2/c1-25(2-3-26-4-6-28-7-5-26)10(27)12(19,20)14(23,24)13(21,22)11(17,18)8-9(15)16/h9H,2-8H2,1H3. The molecule has 1 amide bonds. The van der Waals surface area contributed by atoms with Crippen LogP contribution in [0.1, 0.15) is 6.42 Å². The largest absolute Gasteiger partial charge is 0.392 e. The molecule has 0 spiro atoms. The van der Waals surface area contributed by atoms with Crippen LogP contribution in [0.15, 0.2) is 0 Å². The number of halogens is 10. The number of carbonyl (C=O) groups is 1. The van der Waals surface area contributed by atoms with Crippen LogP contribution in [0.4, 0.5) is 43.9 Å². The first-order valence-corrected chi connectivity index (χ1v) is 7.93. The molecule has 1 saturated heterocycles. The fourth-order valence-corrected chi connectivity index (χ4v) is 2.34. The predicted molar refractivity (Wildman–Crippen MR) is 75.3 cm³/mol. The lowest BCUT2D eigenvalue weighted by Gasteiger charge is -2.37. The molecule has 0 radical (unpaired) electrons. The zero-order chi connectivity index (χ0) is 22.0. The van der Waals surface area contributed by atoms with E-state index in [1.54, 1.807) is 4.90 Å². The molecule has 1 fully saturated rings. The van der Waals surface area contributed by atoms with Gasteiger partial charge in [0.1, 0.15) is 0 Å². The molecular weight excluding hydrogens is 418 g/mol. The number of nitrogens with zero attached hydrogens (tertiary/aromatic N) is 2. The Morgan fingerprint density at radius 3 is 1.96 bits per heavy atom. The number of ether oxygens (including phenoxy) is 1. The van der Waals surface area contributed by atoms with Crippen LogP contribution in [0, 0.1) is 0 Å². The van der Waals surface area contributed by atoms with E-state index < -0.39 is 49.0 Å². The maximum Gasteiger partial charge on any atom is 0.392 e. The first-order valence-electron chi connectivity index (χ1n) is 7.93. The Morgan fingerprint density at radius 1 is 1.00 bits per heavy atom. The SMILES string of the molecule is CN(CCN1CCOCC1)C(=O)C(F)(F)C(F)(F)C(F)(F)C(F)(F)CC(F)F.